The number of nitrogens with zero attached hydrogens (tertiary/aromatic N) is 3. The average Bonchev–Trinajstić information content (AvgIpc) is 2.45. The normalized spacial score (nSPS) is 10.2. The van der Waals surface area contributed by atoms with E-state index in [2.05, 4.69) is 20.3 Å². The zero-order valence-corrected chi connectivity index (χ0v) is 11.4. The Balaban J connectivity index is 2.28. The maximum Gasteiger partial charge on any atom is 0.329 e. The fraction of sp³-hybridized carbons (Fsp3) is 0.250. The lowest BCUT2D eigenvalue weighted by Crippen LogP contribution is -2.31. The first kappa shape index (κ1) is 14.4. The number of carbonyl (C=O) groups is 1. The van der Waals surface area contributed by atoms with Gasteiger partial charge >= 0.3 is 5.69 Å². The number of nitrogens with one attached hydrogen (secondary N) is 2. The second kappa shape index (κ2) is 5.99. The van der Waals surface area contributed by atoms with Crippen LogP contribution in [0.15, 0.2) is 28.0 Å². The van der Waals surface area contributed by atoms with Gasteiger partial charge in [-0.2, -0.15) is 0 Å². The molecule has 110 valence electrons. The van der Waals surface area contributed by atoms with Gasteiger partial charge in [0, 0.05) is 19.2 Å². The van der Waals surface area contributed by atoms with Gasteiger partial charge < -0.3 is 10.1 Å². The summed E-state index contributed by atoms with van der Waals surface area (Å²) in [7, 11) is 1.42. The standard InChI is InChI=1S/C12H13N5O4/c1-3-21-10-4-7(13-6-14-10)11(19)15-8-5-9(18)16-12(20)17(8)2/h4-6H,3H2,1-2H3,(H,15,19)(H,16,18,20). The van der Waals surface area contributed by atoms with Crippen molar-refractivity contribution in [2.45, 2.75) is 6.92 Å². The molecule has 0 saturated carbocycles. The van der Waals surface area contributed by atoms with Crippen molar-refractivity contribution in [3.8, 4) is 5.88 Å². The molecular formula is C12H13N5O4. The first-order chi connectivity index (χ1) is 10.0. The van der Waals surface area contributed by atoms with Crippen molar-refractivity contribution in [1.82, 2.24) is 19.5 Å². The summed E-state index contributed by atoms with van der Waals surface area (Å²) in [5.41, 5.74) is -1.18. The van der Waals surface area contributed by atoms with Crippen LogP contribution < -0.4 is 21.3 Å². The summed E-state index contributed by atoms with van der Waals surface area (Å²) in [6.07, 6.45) is 1.19. The van der Waals surface area contributed by atoms with Crippen LogP contribution in [0.2, 0.25) is 0 Å². The lowest BCUT2D eigenvalue weighted by atomic mass is 10.3. The van der Waals surface area contributed by atoms with Crippen molar-refractivity contribution in [2.24, 2.45) is 7.05 Å². The quantitative estimate of drug-likeness (QED) is 0.785. The molecule has 0 saturated heterocycles. The maximum atomic E-state index is 12.1. The van der Waals surface area contributed by atoms with Gasteiger partial charge in [0.2, 0.25) is 5.88 Å². The zero-order valence-electron chi connectivity index (χ0n) is 11.4. The summed E-state index contributed by atoms with van der Waals surface area (Å²) >= 11 is 0. The molecule has 2 rings (SSSR count). The van der Waals surface area contributed by atoms with E-state index in [9.17, 15) is 14.4 Å². The van der Waals surface area contributed by atoms with E-state index in [1.54, 1.807) is 6.92 Å². The molecule has 0 fully saturated rings. The van der Waals surface area contributed by atoms with Crippen LogP contribution in [0.25, 0.3) is 0 Å². The minimum atomic E-state index is -0.629. The van der Waals surface area contributed by atoms with E-state index < -0.39 is 17.2 Å². The van der Waals surface area contributed by atoms with Crippen molar-refractivity contribution < 1.29 is 9.53 Å². The van der Waals surface area contributed by atoms with Crippen LogP contribution >= 0.6 is 0 Å². The van der Waals surface area contributed by atoms with Crippen LogP contribution in [-0.2, 0) is 7.05 Å². The Bertz CT molecular complexity index is 780. The molecule has 0 radical (unpaired) electrons. The van der Waals surface area contributed by atoms with Gasteiger partial charge in [-0.1, -0.05) is 0 Å². The number of rotatable bonds is 4. The van der Waals surface area contributed by atoms with Gasteiger partial charge in [0.25, 0.3) is 11.5 Å². The van der Waals surface area contributed by atoms with Crippen molar-refractivity contribution in [2.75, 3.05) is 11.9 Å². The van der Waals surface area contributed by atoms with Gasteiger partial charge in [0.1, 0.15) is 17.8 Å². The molecule has 2 aromatic rings. The molecule has 0 spiro atoms. The summed E-state index contributed by atoms with van der Waals surface area (Å²) < 4.78 is 6.27. The third-order valence-corrected chi connectivity index (χ3v) is 2.57. The summed E-state index contributed by atoms with van der Waals surface area (Å²) in [6.45, 7) is 2.19. The molecule has 0 aliphatic rings. The van der Waals surface area contributed by atoms with Crippen LogP contribution in [0.5, 0.6) is 5.88 Å². The minimum Gasteiger partial charge on any atom is -0.478 e. The van der Waals surface area contributed by atoms with Crippen LogP contribution in [-0.4, -0.2) is 32.0 Å². The van der Waals surface area contributed by atoms with Crippen LogP contribution in [0.3, 0.4) is 0 Å². The summed E-state index contributed by atoms with van der Waals surface area (Å²) in [5.74, 6) is -0.262. The zero-order chi connectivity index (χ0) is 15.4. The van der Waals surface area contributed by atoms with Gasteiger partial charge in [-0.15, -0.1) is 0 Å². The molecule has 2 aromatic heterocycles. The fourth-order valence-electron chi connectivity index (χ4n) is 1.55. The number of carbonyl (C=O) groups excluding carboxylic acids is 1. The highest BCUT2D eigenvalue weighted by atomic mass is 16.5. The molecule has 2 N–H and O–H groups in total. The molecule has 0 atom stereocenters. The van der Waals surface area contributed by atoms with Gasteiger partial charge in [0.15, 0.2) is 0 Å². The minimum absolute atomic E-state index is 0.0566. The summed E-state index contributed by atoms with van der Waals surface area (Å²) in [5, 5.41) is 2.44. The van der Waals surface area contributed by atoms with Crippen molar-refractivity contribution >= 4 is 11.7 Å². The topological polar surface area (TPSA) is 119 Å². The Hall–Kier alpha value is -2.97. The number of amides is 1. The highest BCUT2D eigenvalue weighted by Crippen LogP contribution is 2.08. The number of hydrogen-bond donors (Lipinski definition) is 2. The molecular weight excluding hydrogens is 278 g/mol. The van der Waals surface area contributed by atoms with Gasteiger partial charge in [-0.3, -0.25) is 19.1 Å². The lowest BCUT2D eigenvalue weighted by Gasteiger charge is -2.08. The Morgan fingerprint density at radius 1 is 1.38 bits per heavy atom. The Kier molecular flexibility index (Phi) is 4.12. The van der Waals surface area contributed by atoms with Gasteiger partial charge in [0.05, 0.1) is 6.61 Å². The average molecular weight is 291 g/mol. The van der Waals surface area contributed by atoms with E-state index in [-0.39, 0.29) is 17.4 Å². The van der Waals surface area contributed by atoms with E-state index in [1.807, 2.05) is 0 Å². The number of ether oxygens (including phenoxy) is 1. The van der Waals surface area contributed by atoms with E-state index in [1.165, 1.54) is 19.4 Å². The van der Waals surface area contributed by atoms with Crippen molar-refractivity contribution in [3.63, 3.8) is 0 Å². The van der Waals surface area contributed by atoms with E-state index in [4.69, 9.17) is 4.74 Å². The van der Waals surface area contributed by atoms with Crippen LogP contribution in [0, 0.1) is 0 Å². The smallest absolute Gasteiger partial charge is 0.329 e. The Labute approximate surface area is 118 Å². The molecule has 2 heterocycles. The van der Waals surface area contributed by atoms with Crippen molar-refractivity contribution in [3.05, 3.63) is 45.0 Å². The summed E-state index contributed by atoms with van der Waals surface area (Å²) in [6, 6.07) is 2.47. The second-order valence-corrected chi connectivity index (χ2v) is 4.01. The molecule has 9 heteroatoms. The van der Waals surface area contributed by atoms with E-state index in [0.717, 1.165) is 10.6 Å². The molecule has 0 unspecified atom stereocenters. The van der Waals surface area contributed by atoms with Crippen molar-refractivity contribution in [1.29, 1.82) is 0 Å². The first-order valence-electron chi connectivity index (χ1n) is 6.08. The molecule has 0 aliphatic heterocycles. The number of aromatic amines is 1. The summed E-state index contributed by atoms with van der Waals surface area (Å²) in [4.78, 5) is 44.5. The number of H-pyrrole nitrogens is 1. The third-order valence-electron chi connectivity index (χ3n) is 2.57. The highest BCUT2D eigenvalue weighted by Gasteiger charge is 2.12. The molecule has 0 bridgehead atoms. The molecule has 9 nitrogen and oxygen atoms in total. The van der Waals surface area contributed by atoms with Gasteiger partial charge in [-0.05, 0) is 6.92 Å². The van der Waals surface area contributed by atoms with Gasteiger partial charge in [-0.25, -0.2) is 14.8 Å². The van der Waals surface area contributed by atoms with E-state index in [0.29, 0.717) is 6.61 Å². The largest absolute Gasteiger partial charge is 0.478 e. The third kappa shape index (κ3) is 3.32. The Morgan fingerprint density at radius 2 is 2.14 bits per heavy atom. The Morgan fingerprint density at radius 3 is 2.86 bits per heavy atom. The highest BCUT2D eigenvalue weighted by molar-refractivity contribution is 6.02. The molecule has 1 amide bonds. The van der Waals surface area contributed by atoms with Crippen LogP contribution in [0.4, 0.5) is 5.82 Å². The number of hydrogen-bond acceptors (Lipinski definition) is 6. The monoisotopic (exact) mass is 291 g/mol. The van der Waals surface area contributed by atoms with E-state index >= 15 is 0 Å². The lowest BCUT2D eigenvalue weighted by molar-refractivity contribution is 0.102. The molecule has 0 aromatic carbocycles. The maximum absolute atomic E-state index is 12.1. The van der Waals surface area contributed by atoms with Crippen LogP contribution in [0.1, 0.15) is 17.4 Å². The fourth-order valence-corrected chi connectivity index (χ4v) is 1.55. The first-order valence-corrected chi connectivity index (χ1v) is 6.08. The SMILES string of the molecule is CCOc1cc(C(=O)Nc2cc(=O)[nH]c(=O)n2C)ncn1. The predicted octanol–water partition coefficient (Wildman–Crippen LogP) is -0.485. The number of anilines is 1. The second-order valence-electron chi connectivity index (χ2n) is 4.01. The molecule has 21 heavy (non-hydrogen) atoms. The predicted molar refractivity (Wildman–Crippen MR) is 73.5 cm³/mol. The number of aromatic nitrogens is 4. The molecule has 0 aliphatic carbocycles.